The summed E-state index contributed by atoms with van der Waals surface area (Å²) in [5.41, 5.74) is 0.913. The number of carbonyl (C=O) groups excluding carboxylic acids is 1. The highest BCUT2D eigenvalue weighted by molar-refractivity contribution is 7.80. The summed E-state index contributed by atoms with van der Waals surface area (Å²) in [7, 11) is 0. The molecule has 29 heavy (non-hydrogen) atoms. The van der Waals surface area contributed by atoms with Crippen LogP contribution < -0.4 is 10.2 Å². The molecular formula is C18H15Cl3N4O3S. The lowest BCUT2D eigenvalue weighted by Crippen LogP contribution is -2.52. The molecule has 1 N–H and O–H groups in total. The fourth-order valence-electron chi connectivity index (χ4n) is 2.93. The molecule has 1 amide bonds. The number of rotatable bonds is 3. The van der Waals surface area contributed by atoms with Gasteiger partial charge in [0.05, 0.1) is 26.2 Å². The topological polar surface area (TPSA) is 78.7 Å². The Kier molecular flexibility index (Phi) is 6.79. The van der Waals surface area contributed by atoms with Gasteiger partial charge < -0.3 is 9.80 Å². The van der Waals surface area contributed by atoms with Crippen LogP contribution in [0.4, 0.5) is 11.4 Å². The summed E-state index contributed by atoms with van der Waals surface area (Å²) in [5.74, 6) is -0.427. The van der Waals surface area contributed by atoms with E-state index in [1.807, 2.05) is 9.80 Å². The van der Waals surface area contributed by atoms with Crippen LogP contribution in [0.25, 0.3) is 0 Å². The van der Waals surface area contributed by atoms with Gasteiger partial charge in [0.2, 0.25) is 0 Å². The number of nitro groups is 1. The van der Waals surface area contributed by atoms with Crippen molar-refractivity contribution < 1.29 is 9.72 Å². The third kappa shape index (κ3) is 5.08. The molecule has 152 valence electrons. The zero-order chi connectivity index (χ0) is 21.1. The Labute approximate surface area is 187 Å². The predicted molar refractivity (Wildman–Crippen MR) is 118 cm³/mol. The number of hydrogen-bond acceptors (Lipinski definition) is 5. The highest BCUT2D eigenvalue weighted by Crippen LogP contribution is 2.30. The van der Waals surface area contributed by atoms with Gasteiger partial charge in [0.25, 0.3) is 11.6 Å². The zero-order valence-electron chi connectivity index (χ0n) is 14.9. The molecule has 0 radical (unpaired) electrons. The Morgan fingerprint density at radius 3 is 2.34 bits per heavy atom. The summed E-state index contributed by atoms with van der Waals surface area (Å²) < 4.78 is 0. The fraction of sp³-hybridized carbons (Fsp3) is 0.222. The summed E-state index contributed by atoms with van der Waals surface area (Å²) in [6.45, 7) is 2.28. The van der Waals surface area contributed by atoms with Gasteiger partial charge in [0, 0.05) is 43.3 Å². The zero-order valence-corrected chi connectivity index (χ0v) is 18.0. The second-order valence-electron chi connectivity index (χ2n) is 6.25. The van der Waals surface area contributed by atoms with Gasteiger partial charge in [-0.3, -0.25) is 20.2 Å². The van der Waals surface area contributed by atoms with Crippen LogP contribution in [0.1, 0.15) is 10.4 Å². The number of amides is 1. The van der Waals surface area contributed by atoms with E-state index >= 15 is 0 Å². The smallest absolute Gasteiger partial charge is 0.271 e. The molecule has 3 rings (SSSR count). The van der Waals surface area contributed by atoms with Crippen molar-refractivity contribution >= 4 is 69.4 Å². The maximum absolute atomic E-state index is 12.4. The molecule has 0 aromatic heterocycles. The summed E-state index contributed by atoms with van der Waals surface area (Å²) in [6.07, 6.45) is 0. The van der Waals surface area contributed by atoms with Crippen LogP contribution in [-0.4, -0.2) is 47.0 Å². The van der Waals surface area contributed by atoms with Crippen LogP contribution in [0, 0.1) is 10.1 Å². The van der Waals surface area contributed by atoms with Gasteiger partial charge in [0.1, 0.15) is 0 Å². The minimum Gasteiger partial charge on any atom is -0.367 e. The van der Waals surface area contributed by atoms with Crippen molar-refractivity contribution in [2.24, 2.45) is 0 Å². The fourth-order valence-corrected chi connectivity index (χ4v) is 3.88. The number of nitro benzene ring substituents is 1. The number of nitrogens with one attached hydrogen (secondary N) is 1. The van der Waals surface area contributed by atoms with E-state index in [-0.39, 0.29) is 16.3 Å². The number of carbonyl (C=O) groups is 1. The lowest BCUT2D eigenvalue weighted by Gasteiger charge is -2.37. The van der Waals surface area contributed by atoms with Crippen molar-refractivity contribution in [1.82, 2.24) is 10.2 Å². The molecule has 11 heteroatoms. The molecule has 1 saturated heterocycles. The van der Waals surface area contributed by atoms with E-state index in [0.29, 0.717) is 41.3 Å². The van der Waals surface area contributed by atoms with Gasteiger partial charge in [-0.15, -0.1) is 0 Å². The second kappa shape index (κ2) is 9.13. The average molecular weight is 474 g/mol. The summed E-state index contributed by atoms with van der Waals surface area (Å²) in [4.78, 5) is 26.7. The molecular weight excluding hydrogens is 459 g/mol. The number of anilines is 1. The number of piperazine rings is 1. The Hall–Kier alpha value is -2.13. The number of benzene rings is 2. The molecule has 2 aromatic rings. The third-order valence-electron chi connectivity index (χ3n) is 4.44. The van der Waals surface area contributed by atoms with E-state index in [0.717, 1.165) is 5.69 Å². The monoisotopic (exact) mass is 472 g/mol. The molecule has 2 aromatic carbocycles. The first-order valence-corrected chi connectivity index (χ1v) is 10.0. The van der Waals surface area contributed by atoms with E-state index in [2.05, 4.69) is 5.32 Å². The molecule has 1 heterocycles. The molecule has 0 saturated carbocycles. The lowest BCUT2D eigenvalue weighted by atomic mass is 10.2. The van der Waals surface area contributed by atoms with Gasteiger partial charge in [-0.25, -0.2) is 0 Å². The van der Waals surface area contributed by atoms with Crippen LogP contribution in [0.2, 0.25) is 15.1 Å². The Balaban J connectivity index is 1.60. The van der Waals surface area contributed by atoms with Crippen molar-refractivity contribution in [2.75, 3.05) is 31.1 Å². The Morgan fingerprint density at radius 1 is 1.03 bits per heavy atom. The van der Waals surface area contributed by atoms with Crippen molar-refractivity contribution in [3.05, 3.63) is 67.1 Å². The van der Waals surface area contributed by atoms with Gasteiger partial charge in [0.15, 0.2) is 5.11 Å². The number of hydrogen-bond donors (Lipinski definition) is 1. The highest BCUT2D eigenvalue weighted by Gasteiger charge is 2.23. The van der Waals surface area contributed by atoms with Crippen LogP contribution in [-0.2, 0) is 0 Å². The van der Waals surface area contributed by atoms with Gasteiger partial charge in [-0.05, 0) is 36.5 Å². The van der Waals surface area contributed by atoms with E-state index in [1.165, 1.54) is 18.2 Å². The maximum atomic E-state index is 12.4. The lowest BCUT2D eigenvalue weighted by molar-refractivity contribution is -0.384. The average Bonchev–Trinajstić information content (AvgIpc) is 2.69. The largest absolute Gasteiger partial charge is 0.367 e. The molecule has 0 spiro atoms. The Bertz CT molecular complexity index is 981. The second-order valence-corrected chi connectivity index (χ2v) is 7.89. The van der Waals surface area contributed by atoms with Crippen LogP contribution in [0.5, 0.6) is 0 Å². The standard InChI is InChI=1S/C18H15Cl3N4O3S/c19-11-1-3-14(20)13(9-11)17(26)22-18(29)24-7-5-23(6-8-24)16-4-2-12(25(27)28)10-15(16)21/h1-4,9-10H,5-8H2,(H,22,26,29). The van der Waals surface area contributed by atoms with Crippen LogP contribution in [0.3, 0.4) is 0 Å². The van der Waals surface area contributed by atoms with Crippen LogP contribution in [0.15, 0.2) is 36.4 Å². The number of halogens is 3. The minimum absolute atomic E-state index is 0.0547. The predicted octanol–water partition coefficient (Wildman–Crippen LogP) is 4.39. The van der Waals surface area contributed by atoms with Crippen LogP contribution >= 0.6 is 47.0 Å². The molecule has 0 unspecified atom stereocenters. The van der Waals surface area contributed by atoms with E-state index in [1.54, 1.807) is 18.2 Å². The molecule has 1 aliphatic heterocycles. The number of thiocarbonyl (C=S) groups is 1. The number of non-ortho nitro benzene ring substituents is 1. The summed E-state index contributed by atoms with van der Waals surface area (Å²) in [5, 5.41) is 14.8. The Morgan fingerprint density at radius 2 is 1.72 bits per heavy atom. The molecule has 0 bridgehead atoms. The van der Waals surface area contributed by atoms with Crippen molar-refractivity contribution in [1.29, 1.82) is 0 Å². The SMILES string of the molecule is O=C(NC(=S)N1CCN(c2ccc([N+](=O)[O-])cc2Cl)CC1)c1cc(Cl)ccc1Cl. The van der Waals surface area contributed by atoms with Crippen molar-refractivity contribution in [3.63, 3.8) is 0 Å². The molecule has 0 atom stereocenters. The number of nitrogens with zero attached hydrogens (tertiary/aromatic N) is 3. The normalized spacial score (nSPS) is 13.9. The summed E-state index contributed by atoms with van der Waals surface area (Å²) >= 11 is 23.5. The third-order valence-corrected chi connectivity index (χ3v) is 5.67. The van der Waals surface area contributed by atoms with E-state index in [9.17, 15) is 14.9 Å². The minimum atomic E-state index is -0.485. The summed E-state index contributed by atoms with van der Waals surface area (Å²) in [6, 6.07) is 9.03. The van der Waals surface area contributed by atoms with Gasteiger partial charge in [-0.1, -0.05) is 34.8 Å². The van der Waals surface area contributed by atoms with E-state index < -0.39 is 10.8 Å². The first-order valence-electron chi connectivity index (χ1n) is 8.50. The van der Waals surface area contributed by atoms with E-state index in [4.69, 9.17) is 47.0 Å². The first kappa shape index (κ1) is 21.6. The van der Waals surface area contributed by atoms with Gasteiger partial charge in [-0.2, -0.15) is 0 Å². The van der Waals surface area contributed by atoms with Crippen molar-refractivity contribution in [2.45, 2.75) is 0 Å². The van der Waals surface area contributed by atoms with Gasteiger partial charge >= 0.3 is 0 Å². The van der Waals surface area contributed by atoms with Crippen molar-refractivity contribution in [3.8, 4) is 0 Å². The molecule has 7 nitrogen and oxygen atoms in total. The molecule has 1 fully saturated rings. The molecule has 0 aliphatic carbocycles. The quantitative estimate of drug-likeness (QED) is 0.405. The molecule has 1 aliphatic rings. The highest BCUT2D eigenvalue weighted by atomic mass is 35.5. The maximum Gasteiger partial charge on any atom is 0.271 e. The first-order chi connectivity index (χ1) is 13.8.